The molecule has 0 atom stereocenters. The lowest BCUT2D eigenvalue weighted by atomic mass is 10.3. The fraction of sp³-hybridized carbons (Fsp3) is 0.500. The highest BCUT2D eigenvalue weighted by atomic mass is 31.1. The number of rotatable bonds is 18. The molecule has 0 aliphatic heterocycles. The maximum absolute atomic E-state index is 2.48. The van der Waals surface area contributed by atoms with Gasteiger partial charge in [-0.2, -0.15) is 0 Å². The van der Waals surface area contributed by atoms with E-state index in [1.807, 2.05) is 0 Å². The first-order chi connectivity index (χ1) is 19.6. The fourth-order valence-electron chi connectivity index (χ4n) is 5.61. The van der Waals surface area contributed by atoms with Crippen molar-refractivity contribution >= 4 is 63.5 Å². The number of benzene rings is 3. The third-order valence-electron chi connectivity index (χ3n) is 7.38. The van der Waals surface area contributed by atoms with Crippen molar-refractivity contribution in [2.75, 3.05) is 37.0 Å². The standard InChI is InChI=1S/C36H54P4/c1-7-25-37(26-8-2)31-13-19-34(20-14-31)40(35-21-15-32(16-22-35)38(27-9-3)28-10-4)36-23-17-33(18-24-36)39(29-11-5)30-12-6/h13-24H,7-12,25-30H2,1-6H3. The van der Waals surface area contributed by atoms with Crippen molar-refractivity contribution in [1.29, 1.82) is 0 Å². The van der Waals surface area contributed by atoms with Gasteiger partial charge in [-0.3, -0.25) is 0 Å². The molecular weight excluding hydrogens is 556 g/mol. The van der Waals surface area contributed by atoms with Crippen molar-refractivity contribution < 1.29 is 0 Å². The van der Waals surface area contributed by atoms with Gasteiger partial charge in [-0.05, 0) is 76.7 Å². The minimum Gasteiger partial charge on any atom is -0.0753 e. The molecule has 0 N–H and O–H groups in total. The van der Waals surface area contributed by atoms with Crippen LogP contribution in [0, 0.1) is 0 Å². The van der Waals surface area contributed by atoms with E-state index >= 15 is 0 Å². The SMILES string of the molecule is CCCP(CCC)c1ccc(P(c2ccc(P(CCC)CCC)cc2)c2ccc(P(CCC)CCC)cc2)cc1. The topological polar surface area (TPSA) is 0 Å². The minimum atomic E-state index is -0.567. The summed E-state index contributed by atoms with van der Waals surface area (Å²) >= 11 is 0. The fourth-order valence-corrected chi connectivity index (χ4v) is 15.0. The third kappa shape index (κ3) is 9.71. The molecule has 218 valence electrons. The molecule has 0 bridgehead atoms. The van der Waals surface area contributed by atoms with Crippen LogP contribution in [0.15, 0.2) is 72.8 Å². The molecule has 0 amide bonds. The maximum atomic E-state index is 2.48. The Morgan fingerprint density at radius 3 is 0.650 bits per heavy atom. The maximum Gasteiger partial charge on any atom is -0.0134 e. The van der Waals surface area contributed by atoms with Gasteiger partial charge in [0, 0.05) is 0 Å². The highest BCUT2D eigenvalue weighted by molar-refractivity contribution is 7.80. The Morgan fingerprint density at radius 1 is 0.300 bits per heavy atom. The lowest BCUT2D eigenvalue weighted by molar-refractivity contribution is 1.06. The van der Waals surface area contributed by atoms with Gasteiger partial charge in [0.05, 0.1) is 0 Å². The second-order valence-corrected chi connectivity index (χ2v) is 20.5. The van der Waals surface area contributed by atoms with Crippen molar-refractivity contribution in [3.8, 4) is 0 Å². The number of hydrogen-bond acceptors (Lipinski definition) is 0. The van der Waals surface area contributed by atoms with Gasteiger partial charge in [-0.25, -0.2) is 0 Å². The van der Waals surface area contributed by atoms with Crippen LogP contribution in [0.1, 0.15) is 80.1 Å². The zero-order valence-electron chi connectivity index (χ0n) is 26.2. The van der Waals surface area contributed by atoms with Gasteiger partial charge in [0.1, 0.15) is 0 Å². The van der Waals surface area contributed by atoms with Crippen LogP contribution in [0.25, 0.3) is 0 Å². The summed E-state index contributed by atoms with van der Waals surface area (Å²) in [6.07, 6.45) is 15.9. The average Bonchev–Trinajstić information content (AvgIpc) is 2.98. The monoisotopic (exact) mass is 610 g/mol. The van der Waals surface area contributed by atoms with E-state index in [4.69, 9.17) is 0 Å². The summed E-state index contributed by atoms with van der Waals surface area (Å²) in [7, 11) is -0.636. The van der Waals surface area contributed by atoms with Crippen LogP contribution in [0.3, 0.4) is 0 Å². The summed E-state index contributed by atoms with van der Waals surface area (Å²) in [5, 5.41) is 9.27. The van der Waals surface area contributed by atoms with Gasteiger partial charge in [-0.15, -0.1) is 0 Å². The van der Waals surface area contributed by atoms with Crippen molar-refractivity contribution in [2.24, 2.45) is 0 Å². The highest BCUT2D eigenvalue weighted by Crippen LogP contribution is 2.40. The normalized spacial score (nSPS) is 11.8. The van der Waals surface area contributed by atoms with E-state index in [0.29, 0.717) is 0 Å². The summed E-state index contributed by atoms with van der Waals surface area (Å²) < 4.78 is 0. The Labute approximate surface area is 252 Å². The molecule has 3 aromatic rings. The van der Waals surface area contributed by atoms with Gasteiger partial charge < -0.3 is 0 Å². The van der Waals surface area contributed by atoms with E-state index < -0.39 is 7.92 Å². The lowest BCUT2D eigenvalue weighted by Gasteiger charge is -2.24. The first-order valence-corrected chi connectivity index (χ1v) is 22.4. The molecule has 0 unspecified atom stereocenters. The van der Waals surface area contributed by atoms with Crippen LogP contribution < -0.4 is 31.8 Å². The predicted octanol–water partition coefficient (Wildman–Crippen LogP) is 9.23. The lowest BCUT2D eigenvalue weighted by Crippen LogP contribution is -2.23. The molecule has 0 aliphatic rings. The molecule has 0 fully saturated rings. The zero-order chi connectivity index (χ0) is 28.7. The van der Waals surface area contributed by atoms with Crippen LogP contribution in [-0.4, -0.2) is 37.0 Å². The van der Waals surface area contributed by atoms with Gasteiger partial charge in [0.15, 0.2) is 0 Å². The van der Waals surface area contributed by atoms with E-state index in [-0.39, 0.29) is 23.8 Å². The Bertz CT molecular complexity index is 916. The van der Waals surface area contributed by atoms with E-state index in [9.17, 15) is 0 Å². The third-order valence-corrected chi connectivity index (χ3v) is 18.8. The van der Waals surface area contributed by atoms with E-state index in [1.165, 1.54) is 91.4 Å². The van der Waals surface area contributed by atoms with Gasteiger partial charge in [0.2, 0.25) is 0 Å². The molecule has 0 saturated carbocycles. The van der Waals surface area contributed by atoms with Crippen LogP contribution >= 0.6 is 31.7 Å². The number of hydrogen-bond donors (Lipinski definition) is 0. The summed E-state index contributed by atoms with van der Waals surface area (Å²) in [5.41, 5.74) is 0. The molecule has 40 heavy (non-hydrogen) atoms. The first kappa shape index (κ1) is 33.9. The molecule has 0 saturated heterocycles. The Kier molecular flexibility index (Phi) is 15.9. The molecular formula is C36H54P4. The van der Waals surface area contributed by atoms with Crippen molar-refractivity contribution in [2.45, 2.75) is 80.1 Å². The van der Waals surface area contributed by atoms with Gasteiger partial charge >= 0.3 is 0 Å². The van der Waals surface area contributed by atoms with Crippen LogP contribution in [-0.2, 0) is 0 Å². The van der Waals surface area contributed by atoms with Gasteiger partial charge in [-0.1, -0.05) is 177 Å². The van der Waals surface area contributed by atoms with Crippen molar-refractivity contribution in [1.82, 2.24) is 0 Å². The summed E-state index contributed by atoms with van der Waals surface area (Å²) in [4.78, 5) is 0. The molecule has 4 heteroatoms. The quantitative estimate of drug-likeness (QED) is 0.126. The Hall–Kier alpha value is -0.620. The van der Waals surface area contributed by atoms with Crippen LogP contribution in [0.2, 0.25) is 0 Å². The van der Waals surface area contributed by atoms with Crippen molar-refractivity contribution in [3.05, 3.63) is 72.8 Å². The van der Waals surface area contributed by atoms with E-state index in [0.717, 1.165) is 0 Å². The van der Waals surface area contributed by atoms with Crippen LogP contribution in [0.4, 0.5) is 0 Å². The molecule has 0 heterocycles. The Morgan fingerprint density at radius 2 is 0.475 bits per heavy atom. The predicted molar refractivity (Wildman–Crippen MR) is 196 cm³/mol. The molecule has 0 nitrogen and oxygen atoms in total. The molecule has 0 spiro atoms. The zero-order valence-corrected chi connectivity index (χ0v) is 29.8. The Balaban J connectivity index is 2.00. The average molecular weight is 611 g/mol. The molecule has 0 aliphatic carbocycles. The van der Waals surface area contributed by atoms with Crippen molar-refractivity contribution in [3.63, 3.8) is 0 Å². The minimum absolute atomic E-state index is 0.0231. The molecule has 3 rings (SSSR count). The van der Waals surface area contributed by atoms with Crippen LogP contribution in [0.5, 0.6) is 0 Å². The van der Waals surface area contributed by atoms with Gasteiger partial charge in [0.25, 0.3) is 0 Å². The second kappa shape index (κ2) is 18.8. The van der Waals surface area contributed by atoms with E-state index in [2.05, 4.69) is 114 Å². The second-order valence-electron chi connectivity index (χ2n) is 10.8. The molecule has 3 aromatic carbocycles. The molecule has 0 aromatic heterocycles. The highest BCUT2D eigenvalue weighted by Gasteiger charge is 2.20. The smallest absolute Gasteiger partial charge is 0.0134 e. The van der Waals surface area contributed by atoms with E-state index in [1.54, 1.807) is 15.9 Å². The summed E-state index contributed by atoms with van der Waals surface area (Å²) in [6, 6.07) is 29.7. The largest absolute Gasteiger partial charge is 0.0753 e. The summed E-state index contributed by atoms with van der Waals surface area (Å²) in [6.45, 7) is 14.0. The molecule has 0 radical (unpaired) electrons. The first-order valence-electron chi connectivity index (χ1n) is 15.9. The summed E-state index contributed by atoms with van der Waals surface area (Å²) in [5.74, 6) is 0.